The van der Waals surface area contributed by atoms with Crippen molar-refractivity contribution in [1.29, 1.82) is 0 Å². The molecule has 1 aromatic heterocycles. The molecule has 17 heavy (non-hydrogen) atoms. The summed E-state index contributed by atoms with van der Waals surface area (Å²) in [7, 11) is 0. The highest BCUT2D eigenvalue weighted by Gasteiger charge is 2.22. The molecular weight excluding hydrogens is 218 g/mol. The van der Waals surface area contributed by atoms with Crippen molar-refractivity contribution >= 4 is 5.97 Å². The number of carbonyl (C=O) groups is 1. The zero-order valence-electron chi connectivity index (χ0n) is 10.7. The van der Waals surface area contributed by atoms with Crippen LogP contribution < -0.4 is 5.56 Å². The lowest BCUT2D eigenvalue weighted by Gasteiger charge is -2.18. The number of aliphatic carboxylic acids is 1. The van der Waals surface area contributed by atoms with E-state index in [0.717, 1.165) is 11.1 Å². The number of carboxylic acid groups (broad SMARTS) is 1. The van der Waals surface area contributed by atoms with Gasteiger partial charge in [-0.15, -0.1) is 0 Å². The summed E-state index contributed by atoms with van der Waals surface area (Å²) in [5.74, 6) is -0.728. The lowest BCUT2D eigenvalue weighted by Crippen LogP contribution is -2.30. The molecule has 1 heterocycles. The van der Waals surface area contributed by atoms with Gasteiger partial charge in [0.2, 0.25) is 0 Å². The molecule has 1 rings (SSSR count). The van der Waals surface area contributed by atoms with E-state index >= 15 is 0 Å². The van der Waals surface area contributed by atoms with Gasteiger partial charge in [0.25, 0.3) is 5.56 Å². The SMILES string of the molecule is Cc1cc(=O)n([C@@H](CC(C)C)C(=O)O)cc1C. The van der Waals surface area contributed by atoms with Crippen molar-refractivity contribution in [3.63, 3.8) is 0 Å². The molecule has 0 aliphatic rings. The number of hydrogen-bond donors (Lipinski definition) is 1. The number of nitrogens with zero attached hydrogens (tertiary/aromatic N) is 1. The fraction of sp³-hybridized carbons (Fsp3) is 0.538. The van der Waals surface area contributed by atoms with Gasteiger partial charge >= 0.3 is 5.97 Å². The predicted octanol–water partition coefficient (Wildman–Crippen LogP) is 2.14. The van der Waals surface area contributed by atoms with Gasteiger partial charge in [-0.3, -0.25) is 4.79 Å². The summed E-state index contributed by atoms with van der Waals surface area (Å²) in [6.07, 6.45) is 2.09. The zero-order valence-corrected chi connectivity index (χ0v) is 10.7. The quantitative estimate of drug-likeness (QED) is 0.872. The summed E-state index contributed by atoms with van der Waals surface area (Å²) in [5, 5.41) is 9.20. The summed E-state index contributed by atoms with van der Waals surface area (Å²) in [6.45, 7) is 7.61. The third kappa shape index (κ3) is 3.19. The highest BCUT2D eigenvalue weighted by Crippen LogP contribution is 2.17. The molecule has 4 nitrogen and oxygen atoms in total. The lowest BCUT2D eigenvalue weighted by atomic mass is 10.0. The minimum atomic E-state index is -0.955. The Hall–Kier alpha value is -1.58. The molecule has 0 fully saturated rings. The van der Waals surface area contributed by atoms with Crippen molar-refractivity contribution in [3.05, 3.63) is 33.7 Å². The van der Waals surface area contributed by atoms with Crippen LogP contribution in [0.15, 0.2) is 17.1 Å². The number of pyridine rings is 1. The summed E-state index contributed by atoms with van der Waals surface area (Å²) in [6, 6.07) is 0.716. The molecule has 0 saturated carbocycles. The van der Waals surface area contributed by atoms with Gasteiger partial charge in [0.15, 0.2) is 0 Å². The van der Waals surface area contributed by atoms with E-state index in [4.69, 9.17) is 0 Å². The Kier molecular flexibility index (Phi) is 4.10. The molecule has 0 radical (unpaired) electrons. The Balaban J connectivity index is 3.24. The molecule has 0 amide bonds. The van der Waals surface area contributed by atoms with Crippen LogP contribution >= 0.6 is 0 Å². The molecular formula is C13H19NO3. The van der Waals surface area contributed by atoms with Crippen LogP contribution in [0, 0.1) is 19.8 Å². The fourth-order valence-electron chi connectivity index (χ4n) is 1.77. The van der Waals surface area contributed by atoms with E-state index in [0.29, 0.717) is 6.42 Å². The van der Waals surface area contributed by atoms with Gasteiger partial charge in [-0.25, -0.2) is 4.79 Å². The second-order valence-corrected chi connectivity index (χ2v) is 4.87. The third-order valence-corrected chi connectivity index (χ3v) is 2.86. The normalized spacial score (nSPS) is 12.8. The molecule has 1 N–H and O–H groups in total. The van der Waals surface area contributed by atoms with Gasteiger partial charge in [0.1, 0.15) is 6.04 Å². The molecule has 0 aliphatic heterocycles. The van der Waals surface area contributed by atoms with E-state index in [1.807, 2.05) is 27.7 Å². The first-order valence-electron chi connectivity index (χ1n) is 5.75. The largest absolute Gasteiger partial charge is 0.480 e. The lowest BCUT2D eigenvalue weighted by molar-refractivity contribution is -0.141. The van der Waals surface area contributed by atoms with Gasteiger partial charge in [-0.1, -0.05) is 13.8 Å². The van der Waals surface area contributed by atoms with E-state index < -0.39 is 12.0 Å². The Morgan fingerprint density at radius 1 is 1.35 bits per heavy atom. The molecule has 1 atom stereocenters. The van der Waals surface area contributed by atoms with Crippen molar-refractivity contribution in [3.8, 4) is 0 Å². The van der Waals surface area contributed by atoms with Gasteiger partial charge < -0.3 is 9.67 Å². The molecule has 0 spiro atoms. The van der Waals surface area contributed by atoms with Gasteiger partial charge in [-0.2, -0.15) is 0 Å². The number of aromatic nitrogens is 1. The molecule has 0 aliphatic carbocycles. The number of aryl methyl sites for hydroxylation is 2. The number of rotatable bonds is 4. The first-order valence-corrected chi connectivity index (χ1v) is 5.75. The smallest absolute Gasteiger partial charge is 0.326 e. The maximum atomic E-state index is 11.8. The van der Waals surface area contributed by atoms with Crippen LogP contribution in [0.3, 0.4) is 0 Å². The van der Waals surface area contributed by atoms with Crippen LogP contribution in [0.4, 0.5) is 0 Å². The van der Waals surface area contributed by atoms with Crippen LogP contribution in [-0.2, 0) is 4.79 Å². The molecule has 1 aromatic rings. The third-order valence-electron chi connectivity index (χ3n) is 2.86. The van der Waals surface area contributed by atoms with Crippen LogP contribution in [0.2, 0.25) is 0 Å². The van der Waals surface area contributed by atoms with E-state index in [1.54, 1.807) is 6.20 Å². The molecule has 0 saturated heterocycles. The molecule has 94 valence electrons. The average Bonchev–Trinajstić information content (AvgIpc) is 2.20. The maximum absolute atomic E-state index is 11.8. The summed E-state index contributed by atoms with van der Waals surface area (Å²) in [4.78, 5) is 23.0. The van der Waals surface area contributed by atoms with Crippen molar-refractivity contribution in [2.24, 2.45) is 5.92 Å². The monoisotopic (exact) mass is 237 g/mol. The summed E-state index contributed by atoms with van der Waals surface area (Å²) >= 11 is 0. The van der Waals surface area contributed by atoms with Crippen molar-refractivity contribution < 1.29 is 9.90 Å². The van der Waals surface area contributed by atoms with Crippen LogP contribution in [0.25, 0.3) is 0 Å². The predicted molar refractivity (Wildman–Crippen MR) is 66.3 cm³/mol. The second kappa shape index (κ2) is 5.17. The van der Waals surface area contributed by atoms with E-state index in [-0.39, 0.29) is 11.5 Å². The van der Waals surface area contributed by atoms with Crippen LogP contribution in [0.5, 0.6) is 0 Å². The van der Waals surface area contributed by atoms with Crippen molar-refractivity contribution in [2.75, 3.05) is 0 Å². The molecule has 0 aromatic carbocycles. The molecule has 0 bridgehead atoms. The minimum absolute atomic E-state index is 0.226. The highest BCUT2D eigenvalue weighted by atomic mass is 16.4. The Morgan fingerprint density at radius 3 is 2.41 bits per heavy atom. The second-order valence-electron chi connectivity index (χ2n) is 4.87. The molecule has 0 unspecified atom stereocenters. The van der Waals surface area contributed by atoms with Crippen LogP contribution in [0.1, 0.15) is 37.4 Å². The number of hydrogen-bond acceptors (Lipinski definition) is 2. The van der Waals surface area contributed by atoms with Crippen molar-refractivity contribution in [1.82, 2.24) is 4.57 Å². The van der Waals surface area contributed by atoms with Gasteiger partial charge in [0.05, 0.1) is 0 Å². The van der Waals surface area contributed by atoms with Gasteiger partial charge in [-0.05, 0) is 37.3 Å². The first kappa shape index (κ1) is 13.5. The zero-order chi connectivity index (χ0) is 13.2. The maximum Gasteiger partial charge on any atom is 0.326 e. The molecule has 4 heteroatoms. The average molecular weight is 237 g/mol. The highest BCUT2D eigenvalue weighted by molar-refractivity contribution is 5.71. The van der Waals surface area contributed by atoms with E-state index in [1.165, 1.54) is 10.6 Å². The Bertz CT molecular complexity index is 474. The van der Waals surface area contributed by atoms with E-state index in [9.17, 15) is 14.7 Å². The Morgan fingerprint density at radius 2 is 1.94 bits per heavy atom. The number of carboxylic acids is 1. The Labute approximate surface area is 101 Å². The summed E-state index contributed by atoms with van der Waals surface area (Å²) in [5.41, 5.74) is 1.57. The summed E-state index contributed by atoms with van der Waals surface area (Å²) < 4.78 is 1.32. The van der Waals surface area contributed by atoms with E-state index in [2.05, 4.69) is 0 Å². The standard InChI is InChI=1S/C13H19NO3/c1-8(2)5-11(13(16)17)14-7-10(4)9(3)6-12(14)15/h6-8,11H,5H2,1-4H3,(H,16,17)/t11-/m0/s1. The first-order chi connectivity index (χ1) is 7.82. The van der Waals surface area contributed by atoms with Gasteiger partial charge in [0, 0.05) is 12.3 Å². The van der Waals surface area contributed by atoms with Crippen LogP contribution in [-0.4, -0.2) is 15.6 Å². The van der Waals surface area contributed by atoms with Crippen molar-refractivity contribution in [2.45, 2.75) is 40.2 Å². The fourth-order valence-corrected chi connectivity index (χ4v) is 1.77. The topological polar surface area (TPSA) is 59.3 Å². The minimum Gasteiger partial charge on any atom is -0.480 e.